The van der Waals surface area contributed by atoms with E-state index in [1.807, 2.05) is 12.1 Å². The Morgan fingerprint density at radius 2 is 1.96 bits per heavy atom. The molecule has 1 saturated heterocycles. The molecule has 0 spiro atoms. The van der Waals surface area contributed by atoms with Gasteiger partial charge < -0.3 is 10.1 Å². The lowest BCUT2D eigenvalue weighted by atomic mass is 10.0. The van der Waals surface area contributed by atoms with Crippen LogP contribution in [0.1, 0.15) is 22.9 Å². The van der Waals surface area contributed by atoms with Gasteiger partial charge in [0.1, 0.15) is 0 Å². The summed E-state index contributed by atoms with van der Waals surface area (Å²) in [4.78, 5) is 4.78. The Morgan fingerprint density at radius 3 is 2.75 bits per heavy atom. The van der Waals surface area contributed by atoms with Crippen LogP contribution in [0.25, 0.3) is 10.9 Å². The van der Waals surface area contributed by atoms with Crippen molar-refractivity contribution >= 4 is 26.8 Å². The normalized spacial score (nSPS) is 18.0. The molecule has 1 fully saturated rings. The van der Waals surface area contributed by atoms with E-state index in [0.717, 1.165) is 47.2 Å². The molecule has 1 atom stereocenters. The van der Waals surface area contributed by atoms with Gasteiger partial charge in [-0.15, -0.1) is 0 Å². The van der Waals surface area contributed by atoms with E-state index in [0.29, 0.717) is 0 Å². The molecule has 0 aliphatic carbocycles. The van der Waals surface area contributed by atoms with Crippen LogP contribution in [0.4, 0.5) is 0 Å². The monoisotopic (exact) mass is 382 g/mol. The second-order valence-electron chi connectivity index (χ2n) is 6.09. The number of morpholine rings is 1. The fraction of sp³-hybridized carbons (Fsp3) is 0.250. The Morgan fingerprint density at radius 1 is 1.08 bits per heavy atom. The van der Waals surface area contributed by atoms with Gasteiger partial charge in [0, 0.05) is 35.1 Å². The molecule has 1 aliphatic rings. The van der Waals surface area contributed by atoms with Crippen LogP contribution in [0.15, 0.2) is 59.1 Å². The van der Waals surface area contributed by atoms with Crippen LogP contribution in [0.3, 0.4) is 0 Å². The second kappa shape index (κ2) is 7.01. The maximum atomic E-state index is 5.80. The van der Waals surface area contributed by atoms with Crippen molar-refractivity contribution in [1.29, 1.82) is 0 Å². The van der Waals surface area contributed by atoms with Crippen molar-refractivity contribution in [2.75, 3.05) is 19.7 Å². The summed E-state index contributed by atoms with van der Waals surface area (Å²) in [7, 11) is 0. The highest BCUT2D eigenvalue weighted by Gasteiger charge is 2.15. The molecule has 1 aliphatic heterocycles. The minimum atomic E-state index is 0.170. The lowest BCUT2D eigenvalue weighted by Crippen LogP contribution is -2.33. The summed E-state index contributed by atoms with van der Waals surface area (Å²) in [5.74, 6) is 0. The molecule has 3 aromatic rings. The van der Waals surface area contributed by atoms with Crippen LogP contribution in [-0.2, 0) is 11.2 Å². The lowest BCUT2D eigenvalue weighted by molar-refractivity contribution is 0.0277. The summed E-state index contributed by atoms with van der Waals surface area (Å²) in [5.41, 5.74) is 4.62. The fourth-order valence-electron chi connectivity index (χ4n) is 3.10. The Hall–Kier alpha value is -1.75. The number of aromatic nitrogens is 1. The summed E-state index contributed by atoms with van der Waals surface area (Å²) in [5, 5.41) is 4.52. The van der Waals surface area contributed by atoms with Crippen molar-refractivity contribution in [2.24, 2.45) is 0 Å². The molecule has 4 rings (SSSR count). The van der Waals surface area contributed by atoms with Crippen LogP contribution in [0, 0.1) is 0 Å². The van der Waals surface area contributed by atoms with Crippen molar-refractivity contribution in [3.05, 3.63) is 75.9 Å². The first-order valence-electron chi connectivity index (χ1n) is 8.25. The van der Waals surface area contributed by atoms with E-state index in [2.05, 4.69) is 63.7 Å². The van der Waals surface area contributed by atoms with Gasteiger partial charge in [0.2, 0.25) is 0 Å². The zero-order chi connectivity index (χ0) is 16.4. The zero-order valence-electron chi connectivity index (χ0n) is 13.3. The highest BCUT2D eigenvalue weighted by atomic mass is 79.9. The first-order valence-corrected chi connectivity index (χ1v) is 9.04. The summed E-state index contributed by atoms with van der Waals surface area (Å²) in [6.45, 7) is 2.61. The number of benzene rings is 2. The number of hydrogen-bond donors (Lipinski definition) is 1. The standard InChI is InChI=1S/C20H19BrN2O/c21-18-2-1-3-19-17(18)9-8-16(23-19)12-14-4-6-15(7-5-14)20-13-22-10-11-24-20/h1-9,20,22H,10-13H2/t20-/m1/s1. The van der Waals surface area contributed by atoms with Crippen molar-refractivity contribution < 1.29 is 4.74 Å². The lowest BCUT2D eigenvalue weighted by Gasteiger charge is -2.24. The number of nitrogens with one attached hydrogen (secondary N) is 1. The van der Waals surface area contributed by atoms with Gasteiger partial charge in [-0.1, -0.05) is 46.3 Å². The van der Waals surface area contributed by atoms with Gasteiger partial charge in [-0.05, 0) is 35.4 Å². The molecule has 0 bridgehead atoms. The van der Waals surface area contributed by atoms with E-state index < -0.39 is 0 Å². The largest absolute Gasteiger partial charge is 0.371 e. The topological polar surface area (TPSA) is 34.2 Å². The van der Waals surface area contributed by atoms with Crippen LogP contribution in [-0.4, -0.2) is 24.7 Å². The average molecular weight is 383 g/mol. The van der Waals surface area contributed by atoms with Crippen molar-refractivity contribution in [3.8, 4) is 0 Å². The summed E-state index contributed by atoms with van der Waals surface area (Å²) < 4.78 is 6.89. The molecule has 0 saturated carbocycles. The Bertz CT molecular complexity index is 842. The Kier molecular flexibility index (Phi) is 4.60. The minimum absolute atomic E-state index is 0.170. The SMILES string of the molecule is Brc1cccc2nc(Cc3ccc([C@H]4CNCCO4)cc3)ccc12. The van der Waals surface area contributed by atoms with E-state index in [-0.39, 0.29) is 6.10 Å². The van der Waals surface area contributed by atoms with Crippen molar-refractivity contribution in [2.45, 2.75) is 12.5 Å². The second-order valence-corrected chi connectivity index (χ2v) is 6.95. The van der Waals surface area contributed by atoms with Gasteiger partial charge in [-0.3, -0.25) is 4.98 Å². The minimum Gasteiger partial charge on any atom is -0.371 e. The average Bonchev–Trinajstić information content (AvgIpc) is 2.63. The van der Waals surface area contributed by atoms with Crippen molar-refractivity contribution in [3.63, 3.8) is 0 Å². The molecule has 0 amide bonds. The van der Waals surface area contributed by atoms with E-state index in [4.69, 9.17) is 9.72 Å². The highest BCUT2D eigenvalue weighted by molar-refractivity contribution is 9.10. The number of pyridine rings is 1. The van der Waals surface area contributed by atoms with Gasteiger partial charge in [0.05, 0.1) is 18.2 Å². The first-order chi connectivity index (χ1) is 11.8. The molecule has 0 unspecified atom stereocenters. The third kappa shape index (κ3) is 3.36. The molecule has 2 aromatic carbocycles. The van der Waals surface area contributed by atoms with Crippen LogP contribution < -0.4 is 5.32 Å². The third-order valence-corrected chi connectivity index (χ3v) is 5.09. The molecule has 1 N–H and O–H groups in total. The molecular formula is C20H19BrN2O. The quantitative estimate of drug-likeness (QED) is 0.734. The number of fused-ring (bicyclic) bond motifs is 1. The number of nitrogens with zero attached hydrogens (tertiary/aromatic N) is 1. The zero-order valence-corrected chi connectivity index (χ0v) is 14.9. The van der Waals surface area contributed by atoms with E-state index in [1.165, 1.54) is 11.1 Å². The maximum Gasteiger partial charge on any atom is 0.0949 e. The number of halogens is 1. The number of rotatable bonds is 3. The van der Waals surface area contributed by atoms with E-state index in [1.54, 1.807) is 0 Å². The smallest absolute Gasteiger partial charge is 0.0949 e. The number of hydrogen-bond acceptors (Lipinski definition) is 3. The predicted octanol–water partition coefficient (Wildman–Crippen LogP) is 4.25. The van der Waals surface area contributed by atoms with Gasteiger partial charge in [0.25, 0.3) is 0 Å². The maximum absolute atomic E-state index is 5.80. The molecular weight excluding hydrogens is 364 g/mol. The first kappa shape index (κ1) is 15.8. The molecule has 3 nitrogen and oxygen atoms in total. The predicted molar refractivity (Wildman–Crippen MR) is 100 cm³/mol. The Balaban J connectivity index is 1.52. The van der Waals surface area contributed by atoms with Crippen LogP contribution in [0.2, 0.25) is 0 Å². The fourth-order valence-corrected chi connectivity index (χ4v) is 3.58. The molecule has 2 heterocycles. The van der Waals surface area contributed by atoms with Crippen molar-refractivity contribution in [1.82, 2.24) is 10.3 Å². The third-order valence-electron chi connectivity index (χ3n) is 4.40. The van der Waals surface area contributed by atoms with Gasteiger partial charge in [0.15, 0.2) is 0 Å². The summed E-state index contributed by atoms with van der Waals surface area (Å²) in [6, 6.07) is 19.1. The molecule has 4 heteroatoms. The number of ether oxygens (including phenoxy) is 1. The van der Waals surface area contributed by atoms with Gasteiger partial charge in [-0.2, -0.15) is 0 Å². The van der Waals surface area contributed by atoms with Crippen LogP contribution >= 0.6 is 15.9 Å². The summed E-state index contributed by atoms with van der Waals surface area (Å²) >= 11 is 3.58. The van der Waals surface area contributed by atoms with E-state index >= 15 is 0 Å². The Labute approximate surface area is 150 Å². The van der Waals surface area contributed by atoms with Gasteiger partial charge in [-0.25, -0.2) is 0 Å². The van der Waals surface area contributed by atoms with Crippen LogP contribution in [0.5, 0.6) is 0 Å². The van der Waals surface area contributed by atoms with Gasteiger partial charge >= 0.3 is 0 Å². The molecule has 24 heavy (non-hydrogen) atoms. The van der Waals surface area contributed by atoms with E-state index in [9.17, 15) is 0 Å². The highest BCUT2D eigenvalue weighted by Crippen LogP contribution is 2.24. The molecule has 0 radical (unpaired) electrons. The molecule has 1 aromatic heterocycles. The summed E-state index contributed by atoms with van der Waals surface area (Å²) in [6.07, 6.45) is 1.01. The molecule has 122 valence electrons.